The van der Waals surface area contributed by atoms with Crippen LogP contribution in [0.4, 0.5) is 0 Å². The van der Waals surface area contributed by atoms with Gasteiger partial charge in [-0.2, -0.15) is 0 Å². The Kier molecular flexibility index (Phi) is 7.87. The lowest BCUT2D eigenvalue weighted by molar-refractivity contribution is 0.0206. The highest BCUT2D eigenvalue weighted by molar-refractivity contribution is 4.82. The first kappa shape index (κ1) is 15.9. The minimum atomic E-state index is -0.0906. The highest BCUT2D eigenvalue weighted by Crippen LogP contribution is 2.23. The molecule has 1 N–H and O–H groups in total. The zero-order chi connectivity index (χ0) is 13.4. The van der Waals surface area contributed by atoms with Gasteiger partial charge in [-0.05, 0) is 52.0 Å². The largest absolute Gasteiger partial charge is 0.391 e. The molecule has 0 spiro atoms. The molecular formula is C15H32N2O. The Morgan fingerprint density at radius 3 is 2.17 bits per heavy atom. The van der Waals surface area contributed by atoms with Gasteiger partial charge in [-0.1, -0.05) is 33.6 Å². The second-order valence-electron chi connectivity index (χ2n) is 5.43. The summed E-state index contributed by atoms with van der Waals surface area (Å²) in [5.74, 6) is 0. The molecule has 1 saturated carbocycles. The van der Waals surface area contributed by atoms with Crippen molar-refractivity contribution in [3.8, 4) is 0 Å². The van der Waals surface area contributed by atoms with Gasteiger partial charge < -0.3 is 10.0 Å². The average molecular weight is 256 g/mol. The van der Waals surface area contributed by atoms with E-state index in [0.29, 0.717) is 6.04 Å². The van der Waals surface area contributed by atoms with E-state index in [9.17, 15) is 5.11 Å². The Hall–Kier alpha value is -0.120. The fourth-order valence-electron chi connectivity index (χ4n) is 3.11. The molecule has 0 bridgehead atoms. The fourth-order valence-corrected chi connectivity index (χ4v) is 3.11. The van der Waals surface area contributed by atoms with E-state index in [-0.39, 0.29) is 6.10 Å². The fraction of sp³-hybridized carbons (Fsp3) is 1.00. The van der Waals surface area contributed by atoms with Gasteiger partial charge in [-0.25, -0.2) is 0 Å². The Balaban J connectivity index is 2.32. The summed E-state index contributed by atoms with van der Waals surface area (Å²) in [5.41, 5.74) is 0. The Morgan fingerprint density at radius 2 is 1.61 bits per heavy atom. The molecule has 1 rings (SSSR count). The smallest absolute Gasteiger partial charge is 0.0695 e. The second-order valence-corrected chi connectivity index (χ2v) is 5.43. The van der Waals surface area contributed by atoms with Crippen molar-refractivity contribution in [1.82, 2.24) is 9.80 Å². The first-order chi connectivity index (χ1) is 8.72. The maximum absolute atomic E-state index is 10.1. The van der Waals surface area contributed by atoms with Crippen molar-refractivity contribution in [3.63, 3.8) is 0 Å². The third-order valence-corrected chi connectivity index (χ3v) is 4.38. The number of hydrogen-bond donors (Lipinski definition) is 1. The van der Waals surface area contributed by atoms with Crippen LogP contribution in [0.3, 0.4) is 0 Å². The van der Waals surface area contributed by atoms with Gasteiger partial charge in [0, 0.05) is 6.04 Å². The maximum atomic E-state index is 10.1. The van der Waals surface area contributed by atoms with E-state index >= 15 is 0 Å². The van der Waals surface area contributed by atoms with E-state index in [1.807, 2.05) is 0 Å². The van der Waals surface area contributed by atoms with Crippen LogP contribution < -0.4 is 0 Å². The lowest BCUT2D eigenvalue weighted by Crippen LogP contribution is -2.46. The predicted molar refractivity (Wildman–Crippen MR) is 77.9 cm³/mol. The summed E-state index contributed by atoms with van der Waals surface area (Å²) in [6, 6.07) is 0.417. The van der Waals surface area contributed by atoms with Gasteiger partial charge in [0.1, 0.15) is 0 Å². The molecule has 0 amide bonds. The van der Waals surface area contributed by atoms with Crippen LogP contribution in [0.5, 0.6) is 0 Å². The van der Waals surface area contributed by atoms with Crippen molar-refractivity contribution in [2.75, 3.05) is 32.7 Å². The first-order valence-electron chi connectivity index (χ1n) is 7.87. The van der Waals surface area contributed by atoms with Crippen molar-refractivity contribution < 1.29 is 5.11 Å². The van der Waals surface area contributed by atoms with Gasteiger partial charge in [0.25, 0.3) is 0 Å². The lowest BCUT2D eigenvalue weighted by Gasteiger charge is -2.37. The molecule has 0 aliphatic heterocycles. The predicted octanol–water partition coefficient (Wildman–Crippen LogP) is 2.34. The van der Waals surface area contributed by atoms with Crippen LogP contribution in [0.25, 0.3) is 0 Å². The summed E-state index contributed by atoms with van der Waals surface area (Å²) in [4.78, 5) is 4.97. The quantitative estimate of drug-likeness (QED) is 0.722. The lowest BCUT2D eigenvalue weighted by atomic mass is 9.91. The van der Waals surface area contributed by atoms with E-state index in [1.165, 1.54) is 32.2 Å². The third kappa shape index (κ3) is 4.87. The van der Waals surface area contributed by atoms with Gasteiger partial charge >= 0.3 is 0 Å². The number of nitrogens with zero attached hydrogens (tertiary/aromatic N) is 2. The highest BCUT2D eigenvalue weighted by Gasteiger charge is 2.27. The molecule has 2 atom stereocenters. The van der Waals surface area contributed by atoms with Gasteiger partial charge in [-0.3, -0.25) is 4.90 Å². The number of rotatable bonds is 8. The van der Waals surface area contributed by atoms with Crippen LogP contribution in [-0.4, -0.2) is 59.8 Å². The van der Waals surface area contributed by atoms with E-state index in [1.54, 1.807) is 0 Å². The van der Waals surface area contributed by atoms with Gasteiger partial charge in [-0.15, -0.1) is 0 Å². The SMILES string of the molecule is CCN(CC)CCCN(CC)[C@@H]1CCCC[C@H]1O. The third-order valence-electron chi connectivity index (χ3n) is 4.38. The van der Waals surface area contributed by atoms with E-state index in [0.717, 1.165) is 32.6 Å². The average Bonchev–Trinajstić information content (AvgIpc) is 2.40. The Labute approximate surface area is 113 Å². The van der Waals surface area contributed by atoms with Crippen molar-refractivity contribution in [3.05, 3.63) is 0 Å². The molecule has 18 heavy (non-hydrogen) atoms. The summed E-state index contributed by atoms with van der Waals surface area (Å²) in [6.07, 6.45) is 5.80. The maximum Gasteiger partial charge on any atom is 0.0695 e. The van der Waals surface area contributed by atoms with Crippen molar-refractivity contribution >= 4 is 0 Å². The van der Waals surface area contributed by atoms with Crippen molar-refractivity contribution in [1.29, 1.82) is 0 Å². The molecule has 1 fully saturated rings. The van der Waals surface area contributed by atoms with Gasteiger partial charge in [0.2, 0.25) is 0 Å². The molecule has 3 nitrogen and oxygen atoms in total. The summed E-state index contributed by atoms with van der Waals surface area (Å²) < 4.78 is 0. The minimum Gasteiger partial charge on any atom is -0.391 e. The minimum absolute atomic E-state index is 0.0906. The Bertz CT molecular complexity index is 207. The van der Waals surface area contributed by atoms with Crippen LogP contribution in [0.15, 0.2) is 0 Å². The second kappa shape index (κ2) is 8.89. The monoisotopic (exact) mass is 256 g/mol. The molecule has 0 aromatic carbocycles. The number of aliphatic hydroxyl groups excluding tert-OH is 1. The van der Waals surface area contributed by atoms with E-state index in [4.69, 9.17) is 0 Å². The summed E-state index contributed by atoms with van der Waals surface area (Å²) in [6.45, 7) is 12.4. The van der Waals surface area contributed by atoms with Crippen LogP contribution >= 0.6 is 0 Å². The number of hydrogen-bond acceptors (Lipinski definition) is 3. The molecule has 0 radical (unpaired) electrons. The highest BCUT2D eigenvalue weighted by atomic mass is 16.3. The van der Waals surface area contributed by atoms with Crippen molar-refractivity contribution in [2.45, 2.75) is 65.0 Å². The zero-order valence-corrected chi connectivity index (χ0v) is 12.6. The molecular weight excluding hydrogens is 224 g/mol. The molecule has 1 aliphatic carbocycles. The first-order valence-corrected chi connectivity index (χ1v) is 7.87. The zero-order valence-electron chi connectivity index (χ0n) is 12.6. The molecule has 0 heterocycles. The number of aliphatic hydroxyl groups is 1. The van der Waals surface area contributed by atoms with Crippen LogP contribution in [0.2, 0.25) is 0 Å². The molecule has 0 aromatic heterocycles. The van der Waals surface area contributed by atoms with Crippen molar-refractivity contribution in [2.24, 2.45) is 0 Å². The molecule has 0 saturated heterocycles. The van der Waals surface area contributed by atoms with E-state index in [2.05, 4.69) is 30.6 Å². The van der Waals surface area contributed by atoms with Gasteiger partial charge in [0.15, 0.2) is 0 Å². The molecule has 0 aromatic rings. The number of likely N-dealkylation sites (N-methyl/N-ethyl adjacent to an activating group) is 1. The van der Waals surface area contributed by atoms with Crippen LogP contribution in [0, 0.1) is 0 Å². The summed E-state index contributed by atoms with van der Waals surface area (Å²) in [5, 5.41) is 10.1. The summed E-state index contributed by atoms with van der Waals surface area (Å²) in [7, 11) is 0. The molecule has 0 unspecified atom stereocenters. The topological polar surface area (TPSA) is 26.7 Å². The molecule has 1 aliphatic rings. The van der Waals surface area contributed by atoms with Crippen LogP contribution in [-0.2, 0) is 0 Å². The van der Waals surface area contributed by atoms with Gasteiger partial charge in [0.05, 0.1) is 6.10 Å². The molecule has 108 valence electrons. The Morgan fingerprint density at radius 1 is 0.944 bits per heavy atom. The summed E-state index contributed by atoms with van der Waals surface area (Å²) >= 11 is 0. The standard InChI is InChI=1S/C15H32N2O/c1-4-16(5-2)12-9-13-17(6-3)14-10-7-8-11-15(14)18/h14-15,18H,4-13H2,1-3H3/t14-,15-/m1/s1. The van der Waals surface area contributed by atoms with Crippen LogP contribution in [0.1, 0.15) is 52.9 Å². The van der Waals surface area contributed by atoms with E-state index < -0.39 is 0 Å². The normalized spacial score (nSPS) is 25.0. The molecule has 3 heteroatoms.